The van der Waals surface area contributed by atoms with E-state index in [1.807, 2.05) is 0 Å². The van der Waals surface area contributed by atoms with Gasteiger partial charge >= 0.3 is 17.9 Å². The number of hydrogen-bond acceptors (Lipinski definition) is 14. The fourth-order valence-electron chi connectivity index (χ4n) is 3.12. The quantitative estimate of drug-likeness (QED) is 0.0501. The fraction of sp³-hybridized carbons (Fsp3) is 0.750. The summed E-state index contributed by atoms with van der Waals surface area (Å²) in [6.07, 6.45) is 2.05. The Labute approximate surface area is 246 Å². The molecule has 17 nitrogen and oxygen atoms in total. The Balaban J connectivity index is 5.06. The molecule has 0 bridgehead atoms. The van der Waals surface area contributed by atoms with Crippen molar-refractivity contribution in [1.82, 2.24) is 25.3 Å². The van der Waals surface area contributed by atoms with E-state index in [2.05, 4.69) is 10.6 Å². The first kappa shape index (κ1) is 38.8. The van der Waals surface area contributed by atoms with E-state index < -0.39 is 67.1 Å². The number of rotatable bonds is 24. The molecular formula is C20H37N5O12S4. The van der Waals surface area contributed by atoms with Crippen molar-refractivity contribution in [2.45, 2.75) is 0 Å². The van der Waals surface area contributed by atoms with E-state index in [0.29, 0.717) is 21.6 Å². The lowest BCUT2D eigenvalue weighted by atomic mass is 10.3. The zero-order valence-electron chi connectivity index (χ0n) is 22.7. The Morgan fingerprint density at radius 3 is 1.15 bits per heavy atom. The van der Waals surface area contributed by atoms with E-state index in [1.54, 1.807) is 0 Å². The second-order valence-electron chi connectivity index (χ2n) is 8.63. The van der Waals surface area contributed by atoms with Crippen LogP contribution in [0, 0.1) is 0 Å². The van der Waals surface area contributed by atoms with Gasteiger partial charge in [0.15, 0.2) is 17.7 Å². The molecule has 0 aromatic carbocycles. The maximum Gasteiger partial charge on any atom is 0.317 e. The fourth-order valence-corrected chi connectivity index (χ4v) is 6.42. The smallest absolute Gasteiger partial charge is 0.317 e. The van der Waals surface area contributed by atoms with Crippen LogP contribution < -0.4 is 10.6 Å². The second-order valence-corrected chi connectivity index (χ2v) is 17.8. The van der Waals surface area contributed by atoms with Gasteiger partial charge in [0.1, 0.15) is 0 Å². The van der Waals surface area contributed by atoms with Crippen molar-refractivity contribution in [1.29, 1.82) is 0 Å². The molecule has 0 heterocycles. The van der Waals surface area contributed by atoms with E-state index in [0.717, 1.165) is 12.5 Å². The molecule has 0 unspecified atom stereocenters. The van der Waals surface area contributed by atoms with E-state index in [-0.39, 0.29) is 63.9 Å². The Bertz CT molecular complexity index is 1030. The lowest BCUT2D eigenvalue weighted by Crippen LogP contribution is -2.47. The number of carboxylic acid groups (broad SMARTS) is 3. The van der Waals surface area contributed by atoms with Crippen molar-refractivity contribution in [3.05, 3.63) is 0 Å². The Hall–Kier alpha value is -2.17. The Kier molecular flexibility index (Phi) is 18.8. The van der Waals surface area contributed by atoms with E-state index in [9.17, 15) is 56.1 Å². The minimum Gasteiger partial charge on any atom is -0.480 e. The van der Waals surface area contributed by atoms with Gasteiger partial charge in [-0.2, -0.15) is 0 Å². The molecule has 0 saturated heterocycles. The minimum absolute atomic E-state index is 0.00733. The summed E-state index contributed by atoms with van der Waals surface area (Å²) < 4.78 is 44.6. The highest BCUT2D eigenvalue weighted by atomic mass is 33.1. The summed E-state index contributed by atoms with van der Waals surface area (Å²) in [5.74, 6) is -4.59. The maximum atomic E-state index is 12.2. The molecule has 0 spiro atoms. The number of amides is 2. The predicted octanol–water partition coefficient (Wildman–Crippen LogP) is -3.24. The molecule has 0 atom stereocenters. The molecule has 0 aliphatic rings. The Morgan fingerprint density at radius 2 is 0.854 bits per heavy atom. The standard InChI is InChI=1S/C20H37N5O12S4/c1-40(34,35)38-9-3-21-16(26)11-24(14-19(30)31)7-5-23(13-18(28)29)6-8-25(15-20(32)33)12-17(27)22-4-10-39-41(2,36)37/h3-15H2,1-2H3,(H,21,26)(H,22,27)(H,28,29)(H,30,31)(H,32,33). The normalized spacial score (nSPS) is 12.0. The molecular weight excluding hydrogens is 631 g/mol. The van der Waals surface area contributed by atoms with Gasteiger partial charge < -0.3 is 26.0 Å². The van der Waals surface area contributed by atoms with Crippen LogP contribution in [0.1, 0.15) is 0 Å². The van der Waals surface area contributed by atoms with Gasteiger partial charge in [-0.15, -0.1) is 0 Å². The third-order valence-electron chi connectivity index (χ3n) is 4.72. The van der Waals surface area contributed by atoms with Gasteiger partial charge in [-0.05, 0) is 21.6 Å². The first-order valence-corrected chi connectivity index (χ1v) is 18.7. The zero-order chi connectivity index (χ0) is 31.6. The SMILES string of the molecule is CS(=O)(=O)SCCNC(=O)CN(CCN(CCN(CC(=O)O)CC(=O)NCCSS(C)(=O)=O)CC(=O)O)CC(=O)O. The molecule has 0 aromatic heterocycles. The zero-order valence-corrected chi connectivity index (χ0v) is 25.9. The van der Waals surface area contributed by atoms with Crippen molar-refractivity contribution in [3.63, 3.8) is 0 Å². The first-order chi connectivity index (χ1) is 18.9. The largest absolute Gasteiger partial charge is 0.480 e. The van der Waals surface area contributed by atoms with Crippen molar-refractivity contribution < 1.29 is 56.1 Å². The molecule has 21 heteroatoms. The van der Waals surface area contributed by atoms with Gasteiger partial charge in [0, 0.05) is 63.3 Å². The average Bonchev–Trinajstić information content (AvgIpc) is 2.78. The maximum absolute atomic E-state index is 12.2. The monoisotopic (exact) mass is 667 g/mol. The number of carbonyl (C=O) groups is 5. The van der Waals surface area contributed by atoms with Crippen LogP contribution in [0.2, 0.25) is 0 Å². The summed E-state index contributed by atoms with van der Waals surface area (Å²) in [6.45, 7) is -2.27. The van der Waals surface area contributed by atoms with Gasteiger partial charge in [0.05, 0.1) is 32.7 Å². The third-order valence-corrected chi connectivity index (χ3v) is 9.89. The topological polar surface area (TPSA) is 248 Å². The van der Waals surface area contributed by atoms with Gasteiger partial charge in [0.25, 0.3) is 0 Å². The highest BCUT2D eigenvalue weighted by Gasteiger charge is 2.20. The van der Waals surface area contributed by atoms with Crippen LogP contribution in [0.25, 0.3) is 0 Å². The molecule has 0 radical (unpaired) electrons. The van der Waals surface area contributed by atoms with Crippen molar-refractivity contribution in [2.75, 3.05) is 96.0 Å². The summed E-state index contributed by atoms with van der Waals surface area (Å²) in [4.78, 5) is 62.2. The van der Waals surface area contributed by atoms with Crippen LogP contribution in [0.3, 0.4) is 0 Å². The van der Waals surface area contributed by atoms with Gasteiger partial charge in [-0.25, -0.2) is 16.8 Å². The van der Waals surface area contributed by atoms with Crippen molar-refractivity contribution in [3.8, 4) is 0 Å². The van der Waals surface area contributed by atoms with Gasteiger partial charge in [0.2, 0.25) is 11.8 Å². The molecule has 238 valence electrons. The first-order valence-electron chi connectivity index (χ1n) is 11.9. The predicted molar refractivity (Wildman–Crippen MR) is 153 cm³/mol. The highest BCUT2D eigenvalue weighted by molar-refractivity contribution is 8.72. The summed E-state index contributed by atoms with van der Waals surface area (Å²) >= 11 is 0. The van der Waals surface area contributed by atoms with Crippen LogP contribution in [0.5, 0.6) is 0 Å². The minimum atomic E-state index is -3.28. The number of hydrogen-bond donors (Lipinski definition) is 5. The molecule has 0 aliphatic carbocycles. The van der Waals surface area contributed by atoms with Crippen molar-refractivity contribution >= 4 is 69.0 Å². The van der Waals surface area contributed by atoms with E-state index in [4.69, 9.17) is 0 Å². The summed E-state index contributed by atoms with van der Waals surface area (Å²) in [6, 6.07) is 0. The summed E-state index contributed by atoms with van der Waals surface area (Å²) in [5.41, 5.74) is 0. The summed E-state index contributed by atoms with van der Waals surface area (Å²) in [7, 11) is -5.27. The number of nitrogens with one attached hydrogen (secondary N) is 2. The number of carboxylic acids is 3. The molecule has 0 aromatic rings. The lowest BCUT2D eigenvalue weighted by Gasteiger charge is -2.28. The molecule has 0 aliphatic heterocycles. The van der Waals surface area contributed by atoms with Crippen LogP contribution in [-0.2, 0) is 41.7 Å². The molecule has 0 saturated carbocycles. The van der Waals surface area contributed by atoms with Crippen molar-refractivity contribution in [2.24, 2.45) is 0 Å². The van der Waals surface area contributed by atoms with Crippen LogP contribution >= 0.6 is 21.6 Å². The molecule has 2 amide bonds. The highest BCUT2D eigenvalue weighted by Crippen LogP contribution is 2.08. The molecule has 0 rings (SSSR count). The summed E-state index contributed by atoms with van der Waals surface area (Å²) in [5, 5.41) is 32.6. The lowest BCUT2D eigenvalue weighted by molar-refractivity contribution is -0.141. The second kappa shape index (κ2) is 19.9. The van der Waals surface area contributed by atoms with E-state index in [1.165, 1.54) is 14.7 Å². The Morgan fingerprint density at radius 1 is 0.561 bits per heavy atom. The number of nitrogens with zero attached hydrogens (tertiary/aromatic N) is 3. The number of carbonyl (C=O) groups excluding carboxylic acids is 2. The number of aliphatic carboxylic acids is 3. The van der Waals surface area contributed by atoms with Gasteiger partial charge in [-0.3, -0.25) is 38.7 Å². The third kappa shape index (κ3) is 25.3. The van der Waals surface area contributed by atoms with E-state index >= 15 is 0 Å². The van der Waals surface area contributed by atoms with Gasteiger partial charge in [-0.1, -0.05) is 0 Å². The van der Waals surface area contributed by atoms with Crippen LogP contribution in [-0.4, -0.2) is 173 Å². The average molecular weight is 668 g/mol. The van der Waals surface area contributed by atoms with Crippen LogP contribution in [0.15, 0.2) is 0 Å². The molecule has 41 heavy (non-hydrogen) atoms. The van der Waals surface area contributed by atoms with Crippen LogP contribution in [0.4, 0.5) is 0 Å². The molecule has 5 N–H and O–H groups in total. The molecule has 0 fully saturated rings.